The Morgan fingerprint density at radius 2 is 1.36 bits per heavy atom. The molecule has 0 aliphatic carbocycles. The predicted octanol–water partition coefficient (Wildman–Crippen LogP) is 7.08. The second-order valence-corrected chi connectivity index (χ2v) is 10.6. The zero-order chi connectivity index (χ0) is 29.3. The van der Waals surface area contributed by atoms with E-state index >= 15 is 0 Å². The molecule has 0 saturated carbocycles. The van der Waals surface area contributed by atoms with Gasteiger partial charge in [0.1, 0.15) is 6.10 Å². The maximum atomic E-state index is 12.9. The molecular weight excluding hydrogens is 522 g/mol. The summed E-state index contributed by atoms with van der Waals surface area (Å²) in [7, 11) is 0. The van der Waals surface area contributed by atoms with Crippen LogP contribution in [0, 0.1) is 0 Å². The smallest absolute Gasteiger partial charge is 0.410 e. The molecule has 2 aliphatic heterocycles. The Hall–Kier alpha value is -4.42. The van der Waals surface area contributed by atoms with Crippen molar-refractivity contribution in [2.24, 2.45) is 0 Å². The summed E-state index contributed by atoms with van der Waals surface area (Å²) in [4.78, 5) is 29.4. The van der Waals surface area contributed by atoms with Crippen LogP contribution in [-0.2, 0) is 17.8 Å². The Morgan fingerprint density at radius 1 is 0.762 bits per heavy atom. The molecule has 0 spiro atoms. The van der Waals surface area contributed by atoms with Crippen molar-refractivity contribution in [3.63, 3.8) is 0 Å². The van der Waals surface area contributed by atoms with E-state index in [-0.39, 0.29) is 24.1 Å². The number of benzene rings is 4. The van der Waals surface area contributed by atoms with Crippen molar-refractivity contribution in [1.29, 1.82) is 0 Å². The fourth-order valence-corrected chi connectivity index (χ4v) is 5.52. The average molecular weight is 562 g/mol. The summed E-state index contributed by atoms with van der Waals surface area (Å²) in [5, 5.41) is 3.21. The maximum absolute atomic E-state index is 12.9. The topological polar surface area (TPSA) is 61.9 Å². The van der Waals surface area contributed by atoms with Crippen LogP contribution in [0.4, 0.5) is 4.79 Å². The first-order valence-corrected chi connectivity index (χ1v) is 14.9. The number of carbonyl (C=O) groups is 2. The van der Waals surface area contributed by atoms with Gasteiger partial charge in [-0.15, -0.1) is 0 Å². The van der Waals surface area contributed by atoms with E-state index in [9.17, 15) is 9.59 Å². The van der Waals surface area contributed by atoms with Gasteiger partial charge in [-0.2, -0.15) is 0 Å². The van der Waals surface area contributed by atoms with Crippen LogP contribution in [0.15, 0.2) is 109 Å². The highest BCUT2D eigenvalue weighted by molar-refractivity contribution is 5.95. The molecule has 2 amide bonds. The highest BCUT2D eigenvalue weighted by Gasteiger charge is 2.32. The molecule has 2 atom stereocenters. The van der Waals surface area contributed by atoms with Gasteiger partial charge in [0.05, 0.1) is 6.54 Å². The summed E-state index contributed by atoms with van der Waals surface area (Å²) in [5.74, 6) is -0.0280. The summed E-state index contributed by atoms with van der Waals surface area (Å²) in [6, 6.07) is 36.4. The van der Waals surface area contributed by atoms with E-state index in [0.29, 0.717) is 18.7 Å². The molecule has 6 heteroatoms. The predicted molar refractivity (Wildman–Crippen MR) is 167 cm³/mol. The van der Waals surface area contributed by atoms with Crippen molar-refractivity contribution in [2.75, 3.05) is 19.6 Å². The van der Waals surface area contributed by atoms with E-state index in [4.69, 9.17) is 4.74 Å². The van der Waals surface area contributed by atoms with E-state index in [1.54, 1.807) is 4.90 Å². The second kappa shape index (κ2) is 14.0. The van der Waals surface area contributed by atoms with Crippen molar-refractivity contribution >= 4 is 12.0 Å². The molecule has 0 radical (unpaired) electrons. The number of nitrogens with one attached hydrogen (secondary N) is 1. The van der Waals surface area contributed by atoms with Gasteiger partial charge in [-0.25, -0.2) is 4.79 Å². The van der Waals surface area contributed by atoms with Gasteiger partial charge in [0.2, 0.25) is 0 Å². The summed E-state index contributed by atoms with van der Waals surface area (Å²) in [6.45, 7) is 7.82. The molecule has 2 fully saturated rings. The van der Waals surface area contributed by atoms with E-state index < -0.39 is 0 Å². The van der Waals surface area contributed by atoms with Crippen LogP contribution < -0.4 is 5.32 Å². The van der Waals surface area contributed by atoms with Gasteiger partial charge < -0.3 is 10.1 Å². The highest BCUT2D eigenvalue weighted by Crippen LogP contribution is 2.28. The zero-order valence-corrected chi connectivity index (χ0v) is 24.4. The van der Waals surface area contributed by atoms with Crippen LogP contribution in [0.2, 0.25) is 0 Å². The summed E-state index contributed by atoms with van der Waals surface area (Å²) < 4.78 is 5.58. The second-order valence-electron chi connectivity index (χ2n) is 10.6. The van der Waals surface area contributed by atoms with Crippen LogP contribution in [0.3, 0.4) is 0 Å². The number of hydrogen-bond acceptors (Lipinski definition) is 4. The molecule has 6 rings (SSSR count). The molecule has 2 heterocycles. The van der Waals surface area contributed by atoms with Crippen molar-refractivity contribution in [1.82, 2.24) is 15.1 Å². The van der Waals surface area contributed by atoms with Crippen LogP contribution in [0.1, 0.15) is 53.4 Å². The lowest BCUT2D eigenvalue weighted by atomic mass is 10.0. The van der Waals surface area contributed by atoms with E-state index in [1.165, 1.54) is 5.56 Å². The van der Waals surface area contributed by atoms with Gasteiger partial charge in [-0.3, -0.25) is 14.6 Å². The largest absolute Gasteiger partial charge is 0.439 e. The Balaban J connectivity index is 0.00000173. The third kappa shape index (κ3) is 7.25. The molecule has 4 aromatic rings. The van der Waals surface area contributed by atoms with Gasteiger partial charge in [0, 0.05) is 37.8 Å². The molecule has 216 valence electrons. The third-order valence-corrected chi connectivity index (χ3v) is 7.72. The lowest BCUT2D eigenvalue weighted by Gasteiger charge is -2.17. The van der Waals surface area contributed by atoms with Gasteiger partial charge in [0.15, 0.2) is 0 Å². The average Bonchev–Trinajstić information content (AvgIpc) is 3.65. The minimum Gasteiger partial charge on any atom is -0.439 e. The van der Waals surface area contributed by atoms with E-state index in [2.05, 4.69) is 46.6 Å². The minimum absolute atomic E-state index is 0.0280. The standard InChI is InChI=1S/C34H33N3O3.C2H6/c38-33(35-31-19-20-36(23-31)21-25-7-3-1-4-8-25)30-17-15-28(16-18-30)27-13-11-26(12-14-27)22-37-24-32(40-34(37)39)29-9-5-2-6-10-29;1-2/h1-18,31-32H,19-24H2,(H,35,38);1-2H3. The first-order valence-electron chi connectivity index (χ1n) is 14.9. The SMILES string of the molecule is CC.O=C(NC1CCN(Cc2ccccc2)C1)c1ccc(-c2ccc(CN3CC(c4ccccc4)OC3=O)cc2)cc1. The number of rotatable bonds is 8. The molecule has 42 heavy (non-hydrogen) atoms. The Kier molecular flexibility index (Phi) is 9.67. The minimum atomic E-state index is -0.284. The first kappa shape index (κ1) is 29.1. The zero-order valence-electron chi connectivity index (χ0n) is 24.4. The number of likely N-dealkylation sites (tertiary alicyclic amines) is 1. The molecule has 2 saturated heterocycles. The highest BCUT2D eigenvalue weighted by atomic mass is 16.6. The molecule has 2 aliphatic rings. The number of amides is 2. The summed E-state index contributed by atoms with van der Waals surface area (Å²) >= 11 is 0. The van der Waals surface area contributed by atoms with Crippen LogP contribution in [0.25, 0.3) is 11.1 Å². The Labute approximate surface area is 248 Å². The summed E-state index contributed by atoms with van der Waals surface area (Å²) in [6.07, 6.45) is 0.448. The van der Waals surface area contributed by atoms with Crippen molar-refractivity contribution in [3.8, 4) is 11.1 Å². The monoisotopic (exact) mass is 561 g/mol. The van der Waals surface area contributed by atoms with E-state index in [1.807, 2.05) is 86.6 Å². The molecule has 6 nitrogen and oxygen atoms in total. The normalized spacial score (nSPS) is 18.2. The number of cyclic esters (lactones) is 1. The number of carbonyl (C=O) groups excluding carboxylic acids is 2. The Morgan fingerprint density at radius 3 is 2.02 bits per heavy atom. The van der Waals surface area contributed by atoms with Crippen LogP contribution in [-0.4, -0.2) is 47.5 Å². The fourth-order valence-electron chi connectivity index (χ4n) is 5.52. The lowest BCUT2D eigenvalue weighted by Crippen LogP contribution is -2.36. The quantitative estimate of drug-likeness (QED) is 0.250. The van der Waals surface area contributed by atoms with Crippen molar-refractivity contribution in [3.05, 3.63) is 131 Å². The van der Waals surface area contributed by atoms with Crippen LogP contribution in [0.5, 0.6) is 0 Å². The summed E-state index contributed by atoms with van der Waals surface area (Å²) in [5.41, 5.74) is 6.13. The Bertz CT molecular complexity index is 1440. The van der Waals surface area contributed by atoms with Gasteiger partial charge in [-0.1, -0.05) is 111 Å². The molecule has 1 N–H and O–H groups in total. The molecule has 2 unspecified atom stereocenters. The number of nitrogens with zero attached hydrogens (tertiary/aromatic N) is 2. The first-order chi connectivity index (χ1) is 20.6. The molecule has 4 aromatic carbocycles. The van der Waals surface area contributed by atoms with Gasteiger partial charge in [-0.05, 0) is 46.4 Å². The fraction of sp³-hybridized carbons (Fsp3) is 0.278. The van der Waals surface area contributed by atoms with Crippen molar-refractivity contribution in [2.45, 2.75) is 45.5 Å². The molecular formula is C36H39N3O3. The van der Waals surface area contributed by atoms with Crippen molar-refractivity contribution < 1.29 is 14.3 Å². The molecule has 0 bridgehead atoms. The molecule has 0 aromatic heterocycles. The van der Waals surface area contributed by atoms with Crippen LogP contribution >= 0.6 is 0 Å². The number of hydrogen-bond donors (Lipinski definition) is 1. The third-order valence-electron chi connectivity index (χ3n) is 7.72. The lowest BCUT2D eigenvalue weighted by molar-refractivity contribution is 0.0937. The van der Waals surface area contributed by atoms with Gasteiger partial charge in [0.25, 0.3) is 5.91 Å². The number of ether oxygens (including phenoxy) is 1. The van der Waals surface area contributed by atoms with Gasteiger partial charge >= 0.3 is 6.09 Å². The van der Waals surface area contributed by atoms with E-state index in [0.717, 1.165) is 48.3 Å². The maximum Gasteiger partial charge on any atom is 0.410 e.